The molecule has 3 aromatic rings. The van der Waals surface area contributed by atoms with E-state index in [2.05, 4.69) is 27.7 Å². The molecule has 144 valence electrons. The average Bonchev–Trinajstić information content (AvgIpc) is 3.13. The van der Waals surface area contributed by atoms with E-state index in [1.54, 1.807) is 13.0 Å². The lowest BCUT2D eigenvalue weighted by Gasteiger charge is -2.10. The van der Waals surface area contributed by atoms with Crippen LogP contribution in [-0.4, -0.2) is 31.0 Å². The van der Waals surface area contributed by atoms with Crippen LogP contribution in [0.3, 0.4) is 0 Å². The molecule has 0 aliphatic carbocycles. The van der Waals surface area contributed by atoms with Crippen LogP contribution in [0.2, 0.25) is 0 Å². The average molecular weight is 380 g/mol. The van der Waals surface area contributed by atoms with E-state index < -0.39 is 10.8 Å². The number of hydrogen-bond acceptors (Lipinski definition) is 6. The van der Waals surface area contributed by atoms with E-state index in [4.69, 9.17) is 0 Å². The number of carbonyl (C=O) groups excluding carboxylic acids is 1. The minimum Gasteiger partial charge on any atom is -0.318 e. The zero-order valence-corrected chi connectivity index (χ0v) is 15.8. The summed E-state index contributed by atoms with van der Waals surface area (Å²) in [4.78, 5) is 24.3. The van der Waals surface area contributed by atoms with Crippen LogP contribution in [0, 0.1) is 24.0 Å². The highest BCUT2D eigenvalue weighted by Gasteiger charge is 2.20. The summed E-state index contributed by atoms with van der Waals surface area (Å²) in [7, 11) is 0. The first-order chi connectivity index (χ1) is 13.4. The molecule has 3 rings (SSSR count). The van der Waals surface area contributed by atoms with Gasteiger partial charge >= 0.3 is 0 Å². The smallest absolute Gasteiger partial charge is 0.293 e. The molecule has 1 N–H and O–H groups in total. The fourth-order valence-corrected chi connectivity index (χ4v) is 2.73. The second-order valence-corrected chi connectivity index (χ2v) is 6.40. The molecule has 1 heterocycles. The van der Waals surface area contributed by atoms with Gasteiger partial charge in [-0.2, -0.15) is 4.80 Å². The molecule has 9 heteroatoms. The van der Waals surface area contributed by atoms with E-state index >= 15 is 0 Å². The quantitative estimate of drug-likeness (QED) is 0.519. The van der Waals surface area contributed by atoms with Crippen LogP contribution < -0.4 is 5.32 Å². The Kier molecular flexibility index (Phi) is 5.44. The molecule has 0 aliphatic rings. The van der Waals surface area contributed by atoms with Crippen LogP contribution in [0.15, 0.2) is 36.4 Å². The Morgan fingerprint density at radius 2 is 1.89 bits per heavy atom. The Morgan fingerprint density at radius 3 is 2.54 bits per heavy atom. The summed E-state index contributed by atoms with van der Waals surface area (Å²) < 4.78 is 0. The molecule has 1 amide bonds. The summed E-state index contributed by atoms with van der Waals surface area (Å²) >= 11 is 0. The largest absolute Gasteiger partial charge is 0.318 e. The number of hydrogen-bond donors (Lipinski definition) is 1. The third kappa shape index (κ3) is 4.03. The van der Waals surface area contributed by atoms with Crippen molar-refractivity contribution in [3.63, 3.8) is 0 Å². The number of benzene rings is 2. The van der Waals surface area contributed by atoms with E-state index in [1.165, 1.54) is 11.6 Å². The van der Waals surface area contributed by atoms with Gasteiger partial charge in [0.25, 0.3) is 5.69 Å². The number of nitrogens with one attached hydrogen (secondary N) is 1. The molecular weight excluding hydrogens is 360 g/mol. The lowest BCUT2D eigenvalue weighted by atomic mass is 10.1. The van der Waals surface area contributed by atoms with E-state index in [0.717, 1.165) is 22.3 Å². The Hall–Kier alpha value is -3.62. The van der Waals surface area contributed by atoms with E-state index in [-0.39, 0.29) is 17.9 Å². The first kappa shape index (κ1) is 19.2. The van der Waals surface area contributed by atoms with Crippen LogP contribution in [0.4, 0.5) is 11.4 Å². The summed E-state index contributed by atoms with van der Waals surface area (Å²) in [5.74, 6) is -0.0600. The van der Waals surface area contributed by atoms with Crippen molar-refractivity contribution >= 4 is 17.3 Å². The standard InChI is InChI=1S/C19H20N6O3/c1-4-14-6-8-15(9-7-14)19-21-23-24(22-19)11-17(26)20-18-13(3)12(2)5-10-16(18)25(27)28/h5-10H,4,11H2,1-3H3,(H,20,26). The SMILES string of the molecule is CCc1ccc(-c2nnn(CC(=O)Nc3c([N+](=O)[O-])ccc(C)c3C)n2)cc1. The fraction of sp³-hybridized carbons (Fsp3) is 0.263. The molecule has 0 atom stereocenters. The molecule has 1 aromatic heterocycles. The van der Waals surface area contributed by atoms with Crippen LogP contribution in [0.25, 0.3) is 11.4 Å². The van der Waals surface area contributed by atoms with Crippen molar-refractivity contribution < 1.29 is 9.72 Å². The van der Waals surface area contributed by atoms with Gasteiger partial charge in [0, 0.05) is 11.6 Å². The second kappa shape index (κ2) is 7.95. The van der Waals surface area contributed by atoms with Gasteiger partial charge in [0.2, 0.25) is 11.7 Å². The van der Waals surface area contributed by atoms with Crippen molar-refractivity contribution in [2.45, 2.75) is 33.7 Å². The monoisotopic (exact) mass is 380 g/mol. The third-order valence-electron chi connectivity index (χ3n) is 4.53. The predicted molar refractivity (Wildman–Crippen MR) is 104 cm³/mol. The number of nitro benzene ring substituents is 1. The Labute approximate surface area is 161 Å². The highest BCUT2D eigenvalue weighted by atomic mass is 16.6. The first-order valence-electron chi connectivity index (χ1n) is 8.80. The molecule has 28 heavy (non-hydrogen) atoms. The molecule has 9 nitrogen and oxygen atoms in total. The predicted octanol–water partition coefficient (Wildman–Crippen LogP) is 3.07. The minimum atomic E-state index is -0.520. The van der Waals surface area contributed by atoms with Crippen molar-refractivity contribution in [2.75, 3.05) is 5.32 Å². The summed E-state index contributed by atoms with van der Waals surface area (Å²) in [5, 5.41) is 25.9. The maximum absolute atomic E-state index is 12.4. The Bertz CT molecular complexity index is 1030. The lowest BCUT2D eigenvalue weighted by Crippen LogP contribution is -2.21. The summed E-state index contributed by atoms with van der Waals surface area (Å²) in [6.07, 6.45) is 0.936. The van der Waals surface area contributed by atoms with Gasteiger partial charge in [0.1, 0.15) is 12.2 Å². The molecule has 0 saturated heterocycles. The van der Waals surface area contributed by atoms with Gasteiger partial charge in [0.15, 0.2) is 0 Å². The summed E-state index contributed by atoms with van der Waals surface area (Å²) in [6, 6.07) is 10.8. The number of aromatic nitrogens is 4. The topological polar surface area (TPSA) is 116 Å². The number of rotatable bonds is 6. The molecular formula is C19H20N6O3. The number of nitro groups is 1. The zero-order chi connectivity index (χ0) is 20.3. The van der Waals surface area contributed by atoms with Crippen LogP contribution in [-0.2, 0) is 17.8 Å². The molecule has 0 saturated carbocycles. The van der Waals surface area contributed by atoms with Crippen LogP contribution >= 0.6 is 0 Å². The van der Waals surface area contributed by atoms with Gasteiger partial charge in [-0.15, -0.1) is 10.2 Å². The van der Waals surface area contributed by atoms with Crippen LogP contribution in [0.1, 0.15) is 23.6 Å². The van der Waals surface area contributed by atoms with Crippen molar-refractivity contribution in [3.05, 3.63) is 63.2 Å². The molecule has 0 spiro atoms. The molecule has 2 aromatic carbocycles. The molecule has 0 unspecified atom stereocenters. The van der Waals surface area contributed by atoms with E-state index in [9.17, 15) is 14.9 Å². The van der Waals surface area contributed by atoms with E-state index in [1.807, 2.05) is 31.2 Å². The number of tetrazole rings is 1. The van der Waals surface area contributed by atoms with Gasteiger partial charge in [0.05, 0.1) is 4.92 Å². The maximum Gasteiger partial charge on any atom is 0.293 e. The van der Waals surface area contributed by atoms with Gasteiger partial charge in [-0.1, -0.05) is 37.3 Å². The molecule has 0 aliphatic heterocycles. The van der Waals surface area contributed by atoms with Gasteiger partial charge < -0.3 is 5.32 Å². The maximum atomic E-state index is 12.4. The number of carbonyl (C=O) groups is 1. The van der Waals surface area contributed by atoms with Gasteiger partial charge in [-0.05, 0) is 42.2 Å². The second-order valence-electron chi connectivity index (χ2n) is 6.40. The fourth-order valence-electron chi connectivity index (χ4n) is 2.73. The summed E-state index contributed by atoms with van der Waals surface area (Å²) in [5.41, 5.74) is 3.52. The van der Waals surface area contributed by atoms with Crippen LogP contribution in [0.5, 0.6) is 0 Å². The van der Waals surface area contributed by atoms with Gasteiger partial charge in [-0.25, -0.2) is 0 Å². The highest BCUT2D eigenvalue weighted by molar-refractivity contribution is 5.94. The van der Waals surface area contributed by atoms with Gasteiger partial charge in [-0.3, -0.25) is 14.9 Å². The molecule has 0 radical (unpaired) electrons. The Morgan fingerprint density at radius 1 is 1.18 bits per heavy atom. The summed E-state index contributed by atoms with van der Waals surface area (Å²) in [6.45, 7) is 5.42. The van der Waals surface area contributed by atoms with Crippen molar-refractivity contribution in [1.29, 1.82) is 0 Å². The van der Waals surface area contributed by atoms with Crippen molar-refractivity contribution in [3.8, 4) is 11.4 Å². The normalized spacial score (nSPS) is 10.7. The minimum absolute atomic E-state index is 0.153. The van der Waals surface area contributed by atoms with Crippen molar-refractivity contribution in [2.24, 2.45) is 0 Å². The zero-order valence-electron chi connectivity index (χ0n) is 15.8. The molecule has 0 bridgehead atoms. The number of nitrogens with zero attached hydrogens (tertiary/aromatic N) is 5. The number of aryl methyl sites for hydroxylation is 2. The van der Waals surface area contributed by atoms with Crippen molar-refractivity contribution in [1.82, 2.24) is 20.2 Å². The number of anilines is 1. The first-order valence-corrected chi connectivity index (χ1v) is 8.80. The highest BCUT2D eigenvalue weighted by Crippen LogP contribution is 2.30. The Balaban J connectivity index is 1.75. The third-order valence-corrected chi connectivity index (χ3v) is 4.53. The molecule has 0 fully saturated rings. The number of amides is 1. The lowest BCUT2D eigenvalue weighted by molar-refractivity contribution is -0.384. The van der Waals surface area contributed by atoms with E-state index in [0.29, 0.717) is 11.4 Å².